The molecule has 5 heteroatoms. The average Bonchev–Trinajstić information content (AvgIpc) is 2.31. The van der Waals surface area contributed by atoms with E-state index in [0.717, 1.165) is 0 Å². The van der Waals surface area contributed by atoms with Crippen LogP contribution in [0.5, 0.6) is 0 Å². The minimum atomic E-state index is -0.219. The maximum atomic E-state index is 10.7. The van der Waals surface area contributed by atoms with Gasteiger partial charge >= 0.3 is 0 Å². The van der Waals surface area contributed by atoms with Gasteiger partial charge in [0, 0.05) is 13.1 Å². The summed E-state index contributed by atoms with van der Waals surface area (Å²) in [6.07, 6.45) is 0. The van der Waals surface area contributed by atoms with Crippen molar-refractivity contribution in [2.24, 2.45) is 5.73 Å². The van der Waals surface area contributed by atoms with Gasteiger partial charge in [-0.05, 0) is 0 Å². The Labute approximate surface area is 58.9 Å². The van der Waals surface area contributed by atoms with Gasteiger partial charge in [0.1, 0.15) is 6.04 Å². The van der Waals surface area contributed by atoms with E-state index in [9.17, 15) is 4.79 Å². The summed E-state index contributed by atoms with van der Waals surface area (Å²) in [7, 11) is 0. The number of amides is 1. The van der Waals surface area contributed by atoms with Crippen LogP contribution in [-0.2, 0) is 9.63 Å². The Hall–Kier alpha value is -0.650. The Bertz CT molecular complexity index is 128. The molecule has 0 bridgehead atoms. The Morgan fingerprint density at radius 2 is 2.70 bits per heavy atom. The topological polar surface area (TPSA) is 76.4 Å². The quantitative estimate of drug-likeness (QED) is 0.428. The highest BCUT2D eigenvalue weighted by Crippen LogP contribution is 1.92. The van der Waals surface area contributed by atoms with Gasteiger partial charge in [0.2, 0.25) is 0 Å². The molecule has 1 unspecified atom stereocenters. The van der Waals surface area contributed by atoms with Crippen LogP contribution >= 0.6 is 0 Å². The lowest BCUT2D eigenvalue weighted by Gasteiger charge is -2.04. The molecule has 10 heavy (non-hydrogen) atoms. The van der Waals surface area contributed by atoms with Crippen LogP contribution in [-0.4, -0.2) is 31.6 Å². The minimum Gasteiger partial charge on any atom is -0.329 e. The van der Waals surface area contributed by atoms with Gasteiger partial charge in [0.15, 0.2) is 0 Å². The molecular weight excluding hydrogens is 134 g/mol. The summed E-state index contributed by atoms with van der Waals surface area (Å²) in [5, 5.41) is 2.92. The van der Waals surface area contributed by atoms with Crippen molar-refractivity contribution in [3.63, 3.8) is 0 Å². The van der Waals surface area contributed by atoms with Crippen LogP contribution in [0, 0.1) is 0 Å². The summed E-state index contributed by atoms with van der Waals surface area (Å²) in [6.45, 7) is 1.56. The normalized spacial score (nSPS) is 24.9. The molecule has 1 rings (SSSR count). The van der Waals surface area contributed by atoms with Crippen LogP contribution < -0.4 is 16.5 Å². The third-order valence-corrected chi connectivity index (χ3v) is 1.27. The van der Waals surface area contributed by atoms with Crippen LogP contribution in [0.3, 0.4) is 0 Å². The molecule has 1 aliphatic heterocycles. The Balaban J connectivity index is 2.20. The molecule has 1 atom stereocenters. The maximum absolute atomic E-state index is 10.7. The molecule has 1 amide bonds. The van der Waals surface area contributed by atoms with Gasteiger partial charge in [-0.2, -0.15) is 0 Å². The Kier molecular flexibility index (Phi) is 2.61. The van der Waals surface area contributed by atoms with Crippen LogP contribution in [0.1, 0.15) is 0 Å². The van der Waals surface area contributed by atoms with Crippen LogP contribution in [0.2, 0.25) is 0 Å². The van der Waals surface area contributed by atoms with Crippen molar-refractivity contribution in [3.8, 4) is 0 Å². The molecule has 0 spiro atoms. The van der Waals surface area contributed by atoms with E-state index in [1.807, 2.05) is 0 Å². The van der Waals surface area contributed by atoms with Crippen LogP contribution in [0.25, 0.3) is 0 Å². The van der Waals surface area contributed by atoms with Crippen molar-refractivity contribution < 1.29 is 9.63 Å². The van der Waals surface area contributed by atoms with Crippen molar-refractivity contribution in [1.29, 1.82) is 0 Å². The van der Waals surface area contributed by atoms with Crippen molar-refractivity contribution in [2.75, 3.05) is 19.7 Å². The molecule has 0 aliphatic carbocycles. The predicted molar refractivity (Wildman–Crippen MR) is 34.9 cm³/mol. The number of rotatable bonds is 3. The van der Waals surface area contributed by atoms with Gasteiger partial charge in [-0.15, -0.1) is 0 Å². The van der Waals surface area contributed by atoms with E-state index >= 15 is 0 Å². The zero-order valence-electron chi connectivity index (χ0n) is 5.59. The van der Waals surface area contributed by atoms with Gasteiger partial charge in [0.05, 0.1) is 6.61 Å². The first-order valence-electron chi connectivity index (χ1n) is 3.19. The second-order valence-corrected chi connectivity index (χ2v) is 2.07. The van der Waals surface area contributed by atoms with Gasteiger partial charge in [-0.3, -0.25) is 9.63 Å². The summed E-state index contributed by atoms with van der Waals surface area (Å²) in [4.78, 5) is 15.4. The number of hydrogen-bond donors (Lipinski definition) is 3. The van der Waals surface area contributed by atoms with Crippen molar-refractivity contribution in [2.45, 2.75) is 6.04 Å². The maximum Gasteiger partial charge on any atom is 0.263 e. The molecule has 1 aliphatic rings. The molecule has 4 N–H and O–H groups in total. The number of hydroxylamine groups is 1. The lowest BCUT2D eigenvalue weighted by molar-refractivity contribution is -0.125. The molecule has 0 radical (unpaired) electrons. The number of carbonyl (C=O) groups is 1. The molecule has 5 nitrogen and oxygen atoms in total. The van der Waals surface area contributed by atoms with E-state index in [1.165, 1.54) is 0 Å². The first-order chi connectivity index (χ1) is 4.84. The zero-order valence-corrected chi connectivity index (χ0v) is 5.59. The van der Waals surface area contributed by atoms with Gasteiger partial charge < -0.3 is 11.1 Å². The fourth-order valence-electron chi connectivity index (χ4n) is 0.752. The second kappa shape index (κ2) is 3.50. The van der Waals surface area contributed by atoms with E-state index in [4.69, 9.17) is 5.73 Å². The monoisotopic (exact) mass is 145 g/mol. The molecule has 0 aromatic heterocycles. The molecule has 1 heterocycles. The molecule has 1 fully saturated rings. The fraction of sp³-hybridized carbons (Fsp3) is 0.800. The SMILES string of the molecule is NCCNC1CONC1=O. The summed E-state index contributed by atoms with van der Waals surface area (Å²) in [6, 6.07) is -0.219. The van der Waals surface area contributed by atoms with Crippen molar-refractivity contribution in [1.82, 2.24) is 10.8 Å². The zero-order chi connectivity index (χ0) is 7.40. The summed E-state index contributed by atoms with van der Waals surface area (Å²) in [5.74, 6) is -0.117. The summed E-state index contributed by atoms with van der Waals surface area (Å²) < 4.78 is 0. The molecule has 0 aromatic carbocycles. The van der Waals surface area contributed by atoms with E-state index in [0.29, 0.717) is 19.7 Å². The first-order valence-corrected chi connectivity index (χ1v) is 3.19. The second-order valence-electron chi connectivity index (χ2n) is 2.07. The standard InChI is InChI=1S/C5H11N3O2/c6-1-2-7-4-3-10-8-5(4)9/h4,7H,1-3,6H2,(H,8,9). The predicted octanol–water partition coefficient (Wildman–Crippen LogP) is -2.04. The summed E-state index contributed by atoms with van der Waals surface area (Å²) >= 11 is 0. The van der Waals surface area contributed by atoms with Gasteiger partial charge in [-0.1, -0.05) is 0 Å². The van der Waals surface area contributed by atoms with Crippen LogP contribution in [0.15, 0.2) is 0 Å². The summed E-state index contributed by atoms with van der Waals surface area (Å²) in [5.41, 5.74) is 7.45. The minimum absolute atomic E-state index is 0.117. The Morgan fingerprint density at radius 1 is 1.90 bits per heavy atom. The number of hydrogen-bond acceptors (Lipinski definition) is 4. The third kappa shape index (κ3) is 1.66. The number of carbonyl (C=O) groups excluding carboxylic acids is 1. The molecular formula is C5H11N3O2. The molecule has 0 aromatic rings. The number of nitrogens with two attached hydrogens (primary N) is 1. The molecule has 1 saturated heterocycles. The van der Waals surface area contributed by atoms with E-state index in [2.05, 4.69) is 15.6 Å². The average molecular weight is 145 g/mol. The van der Waals surface area contributed by atoms with E-state index < -0.39 is 0 Å². The highest BCUT2D eigenvalue weighted by Gasteiger charge is 2.23. The smallest absolute Gasteiger partial charge is 0.263 e. The molecule has 58 valence electrons. The fourth-order valence-corrected chi connectivity index (χ4v) is 0.752. The van der Waals surface area contributed by atoms with Gasteiger partial charge in [-0.25, -0.2) is 5.48 Å². The van der Waals surface area contributed by atoms with E-state index in [-0.39, 0.29) is 11.9 Å². The number of nitrogens with one attached hydrogen (secondary N) is 2. The largest absolute Gasteiger partial charge is 0.329 e. The van der Waals surface area contributed by atoms with Gasteiger partial charge in [0.25, 0.3) is 5.91 Å². The van der Waals surface area contributed by atoms with E-state index in [1.54, 1.807) is 0 Å². The third-order valence-electron chi connectivity index (χ3n) is 1.27. The first kappa shape index (κ1) is 7.46. The Morgan fingerprint density at radius 3 is 3.20 bits per heavy atom. The highest BCUT2D eigenvalue weighted by molar-refractivity contribution is 5.82. The molecule has 0 saturated carbocycles. The van der Waals surface area contributed by atoms with Crippen molar-refractivity contribution >= 4 is 5.91 Å². The lowest BCUT2D eigenvalue weighted by atomic mass is 10.3. The lowest BCUT2D eigenvalue weighted by Crippen LogP contribution is -2.40. The highest BCUT2D eigenvalue weighted by atomic mass is 16.7. The van der Waals surface area contributed by atoms with Crippen LogP contribution in [0.4, 0.5) is 0 Å². The van der Waals surface area contributed by atoms with Crippen molar-refractivity contribution in [3.05, 3.63) is 0 Å².